The van der Waals surface area contributed by atoms with E-state index in [1.54, 1.807) is 0 Å². The largest absolute Gasteiger partial charge is 0.305 e. The summed E-state index contributed by atoms with van der Waals surface area (Å²) in [6.07, 6.45) is 6.41. The Morgan fingerprint density at radius 2 is 2.17 bits per heavy atom. The second kappa shape index (κ2) is 5.70. The Bertz CT molecular complexity index is 380. The van der Waals surface area contributed by atoms with Gasteiger partial charge < -0.3 is 5.32 Å². The van der Waals surface area contributed by atoms with Crippen LogP contribution in [0.2, 0.25) is 0 Å². The molecule has 18 heavy (non-hydrogen) atoms. The Balaban J connectivity index is 2.34. The molecule has 1 saturated carbocycles. The SMILES string of the molecule is CCCNC1(c2nc(C)c(C)s2)CCCC1CC. The van der Waals surface area contributed by atoms with Gasteiger partial charge in [-0.2, -0.15) is 0 Å². The van der Waals surface area contributed by atoms with Gasteiger partial charge in [-0.3, -0.25) is 0 Å². The topological polar surface area (TPSA) is 24.9 Å². The molecule has 1 heterocycles. The Morgan fingerprint density at radius 1 is 1.39 bits per heavy atom. The molecule has 2 unspecified atom stereocenters. The zero-order chi connectivity index (χ0) is 13.2. The summed E-state index contributed by atoms with van der Waals surface area (Å²) >= 11 is 1.91. The third-order valence-electron chi connectivity index (χ3n) is 4.41. The zero-order valence-electron chi connectivity index (χ0n) is 12.2. The summed E-state index contributed by atoms with van der Waals surface area (Å²) in [5.74, 6) is 0.758. The van der Waals surface area contributed by atoms with Crippen LogP contribution in [0, 0.1) is 19.8 Å². The van der Waals surface area contributed by atoms with Gasteiger partial charge in [-0.15, -0.1) is 11.3 Å². The quantitative estimate of drug-likeness (QED) is 0.865. The van der Waals surface area contributed by atoms with E-state index >= 15 is 0 Å². The van der Waals surface area contributed by atoms with Crippen LogP contribution in [-0.4, -0.2) is 11.5 Å². The summed E-state index contributed by atoms with van der Waals surface area (Å²) in [6, 6.07) is 0. The Labute approximate surface area is 115 Å². The Hall–Kier alpha value is -0.410. The standard InChI is InChI=1S/C15H26N2S/c1-5-10-16-15(9-7-8-13(15)6-2)14-17-11(3)12(4)18-14/h13,16H,5-10H2,1-4H3. The lowest BCUT2D eigenvalue weighted by atomic mass is 9.85. The minimum atomic E-state index is 0.175. The van der Waals surface area contributed by atoms with E-state index in [4.69, 9.17) is 4.98 Å². The molecule has 2 atom stereocenters. The van der Waals surface area contributed by atoms with Gasteiger partial charge in [-0.25, -0.2) is 4.98 Å². The van der Waals surface area contributed by atoms with E-state index in [-0.39, 0.29) is 5.54 Å². The molecule has 0 saturated heterocycles. The molecule has 1 fully saturated rings. The van der Waals surface area contributed by atoms with Gasteiger partial charge in [-0.05, 0) is 45.6 Å². The number of hydrogen-bond donors (Lipinski definition) is 1. The van der Waals surface area contributed by atoms with Crippen molar-refractivity contribution in [2.75, 3.05) is 6.54 Å². The molecule has 0 amide bonds. The second-order valence-electron chi connectivity index (χ2n) is 5.56. The van der Waals surface area contributed by atoms with Crippen molar-refractivity contribution in [3.05, 3.63) is 15.6 Å². The number of hydrogen-bond acceptors (Lipinski definition) is 3. The van der Waals surface area contributed by atoms with Gasteiger partial charge in [0.15, 0.2) is 0 Å². The van der Waals surface area contributed by atoms with Crippen molar-refractivity contribution < 1.29 is 0 Å². The van der Waals surface area contributed by atoms with Crippen LogP contribution in [-0.2, 0) is 5.54 Å². The first-order chi connectivity index (χ1) is 8.64. The molecular weight excluding hydrogens is 240 g/mol. The van der Waals surface area contributed by atoms with E-state index in [0.29, 0.717) is 0 Å². The fourth-order valence-corrected chi connectivity index (χ4v) is 4.42. The molecule has 2 rings (SSSR count). The van der Waals surface area contributed by atoms with Gasteiger partial charge in [0.05, 0.1) is 11.2 Å². The van der Waals surface area contributed by atoms with Gasteiger partial charge >= 0.3 is 0 Å². The van der Waals surface area contributed by atoms with Gasteiger partial charge in [0.25, 0.3) is 0 Å². The van der Waals surface area contributed by atoms with Gasteiger partial charge in [-0.1, -0.05) is 26.7 Å². The van der Waals surface area contributed by atoms with Crippen LogP contribution in [0.3, 0.4) is 0 Å². The minimum Gasteiger partial charge on any atom is -0.305 e. The van der Waals surface area contributed by atoms with Crippen molar-refractivity contribution >= 4 is 11.3 Å². The molecule has 0 radical (unpaired) electrons. The fourth-order valence-electron chi connectivity index (χ4n) is 3.23. The van der Waals surface area contributed by atoms with Gasteiger partial charge in [0.1, 0.15) is 5.01 Å². The van der Waals surface area contributed by atoms with Crippen molar-refractivity contribution in [2.45, 2.75) is 65.3 Å². The third-order valence-corrected chi connectivity index (χ3v) is 5.66. The fraction of sp³-hybridized carbons (Fsp3) is 0.800. The summed E-state index contributed by atoms with van der Waals surface area (Å²) in [4.78, 5) is 6.25. The average Bonchev–Trinajstić information content (AvgIpc) is 2.92. The highest BCUT2D eigenvalue weighted by atomic mass is 32.1. The van der Waals surface area contributed by atoms with E-state index in [0.717, 1.165) is 12.5 Å². The first-order valence-electron chi connectivity index (χ1n) is 7.33. The predicted molar refractivity (Wildman–Crippen MR) is 79.2 cm³/mol. The number of rotatable bonds is 5. The summed E-state index contributed by atoms with van der Waals surface area (Å²) < 4.78 is 0. The van der Waals surface area contributed by atoms with Crippen molar-refractivity contribution in [2.24, 2.45) is 5.92 Å². The van der Waals surface area contributed by atoms with Gasteiger partial charge in [0.2, 0.25) is 0 Å². The summed E-state index contributed by atoms with van der Waals surface area (Å²) in [5, 5.41) is 5.19. The van der Waals surface area contributed by atoms with Crippen LogP contribution in [0.1, 0.15) is 61.5 Å². The molecule has 2 nitrogen and oxygen atoms in total. The van der Waals surface area contributed by atoms with E-state index in [2.05, 4.69) is 33.0 Å². The lowest BCUT2D eigenvalue weighted by Crippen LogP contribution is -2.45. The maximum Gasteiger partial charge on any atom is 0.114 e. The maximum atomic E-state index is 4.87. The predicted octanol–water partition coefficient (Wildman–Crippen LogP) is 4.16. The first-order valence-corrected chi connectivity index (χ1v) is 8.15. The average molecular weight is 266 g/mol. The second-order valence-corrected chi connectivity index (χ2v) is 6.76. The van der Waals surface area contributed by atoms with Crippen molar-refractivity contribution in [1.82, 2.24) is 10.3 Å². The Kier molecular flexibility index (Phi) is 4.44. The van der Waals surface area contributed by atoms with Gasteiger partial charge in [0, 0.05) is 4.88 Å². The van der Waals surface area contributed by atoms with Crippen molar-refractivity contribution in [3.8, 4) is 0 Å². The first kappa shape index (κ1) is 14.0. The van der Waals surface area contributed by atoms with E-state index in [1.807, 2.05) is 11.3 Å². The molecule has 1 N–H and O–H groups in total. The highest BCUT2D eigenvalue weighted by Crippen LogP contribution is 2.46. The molecule has 0 bridgehead atoms. The lowest BCUT2D eigenvalue weighted by Gasteiger charge is -2.34. The van der Waals surface area contributed by atoms with E-state index in [1.165, 1.54) is 47.7 Å². The molecule has 1 aromatic heterocycles. The normalized spacial score (nSPS) is 27.9. The molecule has 1 aromatic rings. The third kappa shape index (κ3) is 2.35. The van der Waals surface area contributed by atoms with Crippen LogP contribution in [0.15, 0.2) is 0 Å². The Morgan fingerprint density at radius 3 is 2.72 bits per heavy atom. The molecular formula is C15H26N2S. The van der Waals surface area contributed by atoms with Crippen molar-refractivity contribution in [1.29, 1.82) is 0 Å². The van der Waals surface area contributed by atoms with Crippen LogP contribution >= 0.6 is 11.3 Å². The van der Waals surface area contributed by atoms with Crippen LogP contribution in [0.25, 0.3) is 0 Å². The highest BCUT2D eigenvalue weighted by Gasteiger charge is 2.45. The molecule has 0 spiro atoms. The number of aryl methyl sites for hydroxylation is 2. The minimum absolute atomic E-state index is 0.175. The molecule has 1 aliphatic carbocycles. The molecule has 102 valence electrons. The van der Waals surface area contributed by atoms with E-state index in [9.17, 15) is 0 Å². The number of aromatic nitrogens is 1. The molecule has 0 aliphatic heterocycles. The van der Waals surface area contributed by atoms with Crippen molar-refractivity contribution in [3.63, 3.8) is 0 Å². The number of thiazole rings is 1. The van der Waals surface area contributed by atoms with Crippen LogP contribution in [0.5, 0.6) is 0 Å². The number of nitrogens with zero attached hydrogens (tertiary/aromatic N) is 1. The lowest BCUT2D eigenvalue weighted by molar-refractivity contribution is 0.240. The molecule has 0 aromatic carbocycles. The summed E-state index contributed by atoms with van der Waals surface area (Å²) in [7, 11) is 0. The highest BCUT2D eigenvalue weighted by molar-refractivity contribution is 7.11. The smallest absolute Gasteiger partial charge is 0.114 e. The molecule has 1 aliphatic rings. The number of nitrogens with one attached hydrogen (secondary N) is 1. The molecule has 3 heteroatoms. The summed E-state index contributed by atoms with van der Waals surface area (Å²) in [6.45, 7) is 10.0. The zero-order valence-corrected chi connectivity index (χ0v) is 13.0. The monoisotopic (exact) mass is 266 g/mol. The van der Waals surface area contributed by atoms with E-state index < -0.39 is 0 Å². The summed E-state index contributed by atoms with van der Waals surface area (Å²) in [5.41, 5.74) is 1.39. The van der Waals surface area contributed by atoms with Crippen LogP contribution in [0.4, 0.5) is 0 Å². The maximum absolute atomic E-state index is 4.87. The van der Waals surface area contributed by atoms with Crippen LogP contribution < -0.4 is 5.32 Å².